The molecule has 38 nitrogen and oxygen atoms in total. The van der Waals surface area contributed by atoms with E-state index in [0.717, 1.165) is 66.1 Å². The lowest BCUT2D eigenvalue weighted by Crippen LogP contribution is -2.23. The summed E-state index contributed by atoms with van der Waals surface area (Å²) >= 11 is 11.7. The number of esters is 3. The van der Waals surface area contributed by atoms with Crippen LogP contribution in [0, 0.1) is 28.8 Å². The van der Waals surface area contributed by atoms with Crippen molar-refractivity contribution in [3.05, 3.63) is 182 Å². The highest BCUT2D eigenvalue weighted by Gasteiger charge is 2.27. The number of aryl methyl sites for hydroxylation is 2. The van der Waals surface area contributed by atoms with Gasteiger partial charge in [-0.2, -0.15) is 5.26 Å². The molecule has 4 aromatic carbocycles. The van der Waals surface area contributed by atoms with Gasteiger partial charge in [-0.25, -0.2) is 62.3 Å². The predicted molar refractivity (Wildman–Crippen MR) is 371 cm³/mol. The van der Waals surface area contributed by atoms with Gasteiger partial charge in [0.25, 0.3) is 23.6 Å². The molecule has 4 amide bonds. The number of nitrogens with zero attached hydrogens (tertiary/aromatic N) is 15. The largest absolute Gasteiger partial charge is 0.494 e. The van der Waals surface area contributed by atoms with Crippen LogP contribution in [0.2, 0.25) is 10.0 Å². The number of methoxy groups -OCH3 is 4. The molecule has 0 aliphatic carbocycles. The van der Waals surface area contributed by atoms with Crippen LogP contribution in [0.15, 0.2) is 104 Å². The number of imidazole rings is 3. The van der Waals surface area contributed by atoms with E-state index in [1.54, 1.807) is 41.0 Å². The third-order valence-corrected chi connectivity index (χ3v) is 15.3. The summed E-state index contributed by atoms with van der Waals surface area (Å²) in [4.78, 5) is 132. The summed E-state index contributed by atoms with van der Waals surface area (Å²) in [7, 11) is 8.48. The molecule has 0 fully saturated rings. The Labute approximate surface area is 611 Å². The van der Waals surface area contributed by atoms with E-state index in [4.69, 9.17) is 63.6 Å². The fourth-order valence-electron chi connectivity index (χ4n) is 9.48. The minimum absolute atomic E-state index is 0.0345. The third kappa shape index (κ3) is 17.5. The van der Waals surface area contributed by atoms with Crippen molar-refractivity contribution in [2.24, 2.45) is 14.1 Å². The van der Waals surface area contributed by atoms with Gasteiger partial charge in [0.05, 0.1) is 119 Å². The van der Waals surface area contributed by atoms with Crippen molar-refractivity contribution in [1.29, 1.82) is 5.26 Å². The first kappa shape index (κ1) is 77.5. The number of aromatic carboxylic acids is 2. The summed E-state index contributed by atoms with van der Waals surface area (Å²) in [6.45, 7) is 2.43. The lowest BCUT2D eigenvalue weighted by molar-refractivity contribution is -0.162. The van der Waals surface area contributed by atoms with E-state index >= 15 is 0 Å². The molecule has 0 saturated heterocycles. The number of carboxylic acids is 2. The van der Waals surface area contributed by atoms with Crippen molar-refractivity contribution in [1.82, 2.24) is 68.7 Å². The monoisotopic (exact) mass is 1530 g/mol. The second-order valence-corrected chi connectivity index (χ2v) is 22.4. The first-order chi connectivity index (χ1) is 51.3. The third-order valence-electron chi connectivity index (χ3n) is 14.6. The van der Waals surface area contributed by atoms with Gasteiger partial charge in [-0.05, 0) is 71.1 Å². The average molecular weight is 1530 g/mol. The van der Waals surface area contributed by atoms with Crippen LogP contribution >= 0.6 is 23.2 Å². The number of nitriles is 1. The Bertz CT molecular complexity index is 5690. The number of pyridine rings is 2. The second-order valence-electron chi connectivity index (χ2n) is 21.6. The normalized spacial score (nSPS) is 10.9. The van der Waals surface area contributed by atoms with E-state index in [2.05, 4.69) is 76.5 Å². The van der Waals surface area contributed by atoms with E-state index in [1.165, 1.54) is 75.2 Å². The van der Waals surface area contributed by atoms with Gasteiger partial charge in [-0.15, -0.1) is 14.8 Å². The molecule has 12 aromatic rings. The fraction of sp³-hybridized carbons (Fsp3) is 0.138. The van der Waals surface area contributed by atoms with Gasteiger partial charge in [0.1, 0.15) is 34.7 Å². The van der Waals surface area contributed by atoms with Crippen molar-refractivity contribution in [3.63, 3.8) is 0 Å². The van der Waals surface area contributed by atoms with Crippen LogP contribution in [0.4, 0.5) is 47.4 Å². The van der Waals surface area contributed by atoms with Crippen molar-refractivity contribution in [3.8, 4) is 23.3 Å². The number of hydrogen-bond acceptors (Lipinski definition) is 28. The Hall–Kier alpha value is -14.7. The Morgan fingerprint density at radius 2 is 1.03 bits per heavy atom. The number of hydrogen-bond donors (Lipinski definition) is 8. The maximum Gasteiger partial charge on any atom is 0.343 e. The predicted octanol–water partition coefficient (Wildman–Crippen LogP) is 7.23. The number of carboxylic acid groups (broad SMARTS) is 2. The van der Waals surface area contributed by atoms with Gasteiger partial charge in [0.2, 0.25) is 17.7 Å². The standard InChI is InChI=1S/C17H16FN7O6.C17H15FN4O4.C16H13FN4O4.C15H8Cl2N6O3/c1-7(26)30-8(2)31-17(28)9-4-10(18)14(29-3)6-12(9)20-16(27)13-5-11(19)15-21-23-24-25(15)22-13;1-22-8-19-15-13(22)5-4-11(20-15)16(23)21-12-7-14(25-2)10(18)6-9(12)17(24)26-3;1-21-7-18-14-12(21)4-3-10(19-14)15(22)20-11-6-13(25-2)9(17)5-8(11)16(23)24;16-8-1-7(14(25)26)10(2-9(8)17)21-13(24)11-3-12(19)23-6(4-18)5-20-15(23)22-11/h4-6,8H,19H2,1-3H3,(H,20,27);4-8H,1-3H3,(H,21,23);3-7H,1-2H3,(H,20,22)(H,23,24);1-3,5H,19H2,(H,21,24)(H,25,26). The SMILES string of the molecule is COC(=O)c1cc(F)c(OC)cc1NC(=O)c1ccc2c(ncn2C)n1.COc1cc(NC(=O)c2cc(N)c3nnnn3n2)c(C(=O)OC(C)OC(C)=O)cc1F.COc1cc(NC(=O)c2ccc3c(ncn3C)n2)c(C(=O)O)cc1F.N#Cc1cnc2nc(C(=O)Nc3cc(Cl)c(Cl)cc3C(=O)O)cc(N)n12. The number of halogens is 5. The minimum atomic E-state index is -1.38. The van der Waals surface area contributed by atoms with Crippen LogP contribution < -0.4 is 46.9 Å². The van der Waals surface area contributed by atoms with E-state index in [0.29, 0.717) is 11.3 Å². The summed E-state index contributed by atoms with van der Waals surface area (Å²) in [5.41, 5.74) is 12.8. The van der Waals surface area contributed by atoms with Crippen molar-refractivity contribution in [2.75, 3.05) is 61.2 Å². The van der Waals surface area contributed by atoms with E-state index in [-0.39, 0.29) is 118 Å². The highest BCUT2D eigenvalue weighted by atomic mass is 35.5. The molecule has 8 heterocycles. The lowest BCUT2D eigenvalue weighted by Gasteiger charge is -2.16. The van der Waals surface area contributed by atoms with Crippen LogP contribution in [0.1, 0.15) is 103 Å². The number of tetrazole rings is 1. The summed E-state index contributed by atoms with van der Waals surface area (Å²) in [5.74, 6) is -10.9. The lowest BCUT2D eigenvalue weighted by atomic mass is 10.1. The molecule has 1 atom stereocenters. The number of ether oxygens (including phenoxy) is 6. The number of benzene rings is 4. The molecule has 8 aromatic heterocycles. The van der Waals surface area contributed by atoms with Crippen molar-refractivity contribution in [2.45, 2.75) is 20.1 Å². The molecule has 108 heavy (non-hydrogen) atoms. The maximum absolute atomic E-state index is 14.2. The van der Waals surface area contributed by atoms with Crippen LogP contribution in [0.3, 0.4) is 0 Å². The first-order valence-corrected chi connectivity index (χ1v) is 30.9. The zero-order valence-corrected chi connectivity index (χ0v) is 58.2. The summed E-state index contributed by atoms with van der Waals surface area (Å²) < 4.78 is 76.5. The Morgan fingerprint density at radius 1 is 0.574 bits per heavy atom. The molecule has 0 spiro atoms. The number of nitrogens with two attached hydrogens (primary N) is 2. The van der Waals surface area contributed by atoms with Crippen LogP contribution in [0.5, 0.6) is 17.2 Å². The second kappa shape index (κ2) is 33.2. The molecule has 554 valence electrons. The first-order valence-electron chi connectivity index (χ1n) is 30.1. The van der Waals surface area contributed by atoms with E-state index in [1.807, 2.05) is 13.1 Å². The molecular weight excluding hydrogens is 1470 g/mol. The minimum Gasteiger partial charge on any atom is -0.494 e. The van der Waals surface area contributed by atoms with Gasteiger partial charge in [0.15, 0.2) is 51.7 Å². The Morgan fingerprint density at radius 3 is 1.51 bits per heavy atom. The van der Waals surface area contributed by atoms with Gasteiger partial charge in [0, 0.05) is 52.2 Å². The number of nitrogen functional groups attached to an aromatic ring is 2. The van der Waals surface area contributed by atoms with E-state index in [9.17, 15) is 66.5 Å². The summed E-state index contributed by atoms with van der Waals surface area (Å²) in [6.07, 6.45) is 3.16. The van der Waals surface area contributed by atoms with Gasteiger partial charge in [-0.1, -0.05) is 23.2 Å². The van der Waals surface area contributed by atoms with E-state index < -0.39 is 82.8 Å². The number of carbonyl (C=O) groups is 9. The molecule has 0 bridgehead atoms. The van der Waals surface area contributed by atoms with Crippen molar-refractivity contribution >= 4 is 145 Å². The highest BCUT2D eigenvalue weighted by Crippen LogP contribution is 2.33. The molecule has 0 aliphatic heterocycles. The molecule has 0 radical (unpaired) electrons. The summed E-state index contributed by atoms with van der Waals surface area (Å²) in [5, 5.41) is 51.9. The van der Waals surface area contributed by atoms with Gasteiger partial charge >= 0.3 is 29.8 Å². The number of aromatic nitrogens is 14. The number of carbonyl (C=O) groups excluding carboxylic acids is 7. The van der Waals surface area contributed by atoms with Crippen molar-refractivity contribution < 1.29 is 95.0 Å². The van der Waals surface area contributed by atoms with Crippen LogP contribution in [-0.2, 0) is 33.1 Å². The quantitative estimate of drug-likeness (QED) is 0.0329. The number of anilines is 6. The van der Waals surface area contributed by atoms with Gasteiger partial charge in [-0.3, -0.25) is 28.4 Å². The topological polar surface area (TPSA) is 521 Å². The number of amides is 4. The zero-order chi connectivity index (χ0) is 78.7. The number of rotatable bonds is 17. The molecule has 12 rings (SSSR count). The molecule has 10 N–H and O–H groups in total. The Balaban J connectivity index is 0.000000167. The molecule has 0 saturated carbocycles. The molecule has 1 unspecified atom stereocenters. The smallest absolute Gasteiger partial charge is 0.343 e. The van der Waals surface area contributed by atoms with Crippen LogP contribution in [-0.4, -0.2) is 167 Å². The molecule has 0 aliphatic rings. The molecular formula is C65H52Cl2F3N21O17. The maximum atomic E-state index is 14.2. The number of nitrogens with one attached hydrogen (secondary N) is 4. The average Bonchev–Trinajstić information content (AvgIpc) is 0.954. The Kier molecular flexibility index (Phi) is 23.8. The highest BCUT2D eigenvalue weighted by molar-refractivity contribution is 6.42. The zero-order valence-electron chi connectivity index (χ0n) is 56.7. The number of fused-ring (bicyclic) bond motifs is 4. The molecule has 43 heteroatoms. The fourth-order valence-corrected chi connectivity index (χ4v) is 9.81. The van der Waals surface area contributed by atoms with Crippen LogP contribution in [0.25, 0.3) is 33.8 Å². The van der Waals surface area contributed by atoms with Gasteiger partial charge < -0.3 is 80.5 Å². The summed E-state index contributed by atoms with van der Waals surface area (Å²) in [6, 6.07) is 19.0.